The van der Waals surface area contributed by atoms with Crippen LogP contribution >= 0.6 is 0 Å². The normalized spacial score (nSPS) is 28.1. The molecule has 0 bridgehead atoms. The molecule has 0 unspecified atom stereocenters. The van der Waals surface area contributed by atoms with E-state index in [1.807, 2.05) is 18.2 Å². The van der Waals surface area contributed by atoms with Crippen LogP contribution in [0.3, 0.4) is 0 Å². The van der Waals surface area contributed by atoms with Crippen LogP contribution in [0.2, 0.25) is 0 Å². The zero-order chi connectivity index (χ0) is 20.6. The van der Waals surface area contributed by atoms with E-state index < -0.39 is 0 Å². The molecule has 0 spiro atoms. The second-order valence-corrected chi connectivity index (χ2v) is 10.0. The van der Waals surface area contributed by atoms with Crippen LogP contribution in [0.4, 0.5) is 0 Å². The molecule has 0 N–H and O–H groups in total. The van der Waals surface area contributed by atoms with Crippen LogP contribution < -0.4 is 0 Å². The minimum absolute atomic E-state index is 0.948. The van der Waals surface area contributed by atoms with Crippen molar-refractivity contribution in [1.82, 2.24) is 0 Å². The molecule has 2 aliphatic rings. The molecule has 29 heavy (non-hydrogen) atoms. The lowest BCUT2D eigenvalue weighted by Gasteiger charge is -2.32. The highest BCUT2D eigenvalue weighted by atomic mass is 14.3. The van der Waals surface area contributed by atoms with E-state index in [2.05, 4.69) is 13.0 Å². The highest BCUT2D eigenvalue weighted by molar-refractivity contribution is 5.11. The van der Waals surface area contributed by atoms with Gasteiger partial charge in [0, 0.05) is 6.08 Å². The van der Waals surface area contributed by atoms with Gasteiger partial charge in [0.1, 0.15) is 0 Å². The molecule has 0 heterocycles. The van der Waals surface area contributed by atoms with Gasteiger partial charge < -0.3 is 0 Å². The van der Waals surface area contributed by atoms with E-state index in [0.29, 0.717) is 0 Å². The van der Waals surface area contributed by atoms with Gasteiger partial charge in [-0.1, -0.05) is 128 Å². The van der Waals surface area contributed by atoms with Crippen molar-refractivity contribution in [2.75, 3.05) is 0 Å². The van der Waals surface area contributed by atoms with Crippen LogP contribution in [-0.2, 0) is 0 Å². The SMILES string of the molecule is CCCCCCC[C@H]1CC[C@H](CCC2CCC(CCC=CC=CC#N)CC2)CC1. The number of nitriles is 1. The van der Waals surface area contributed by atoms with E-state index in [-0.39, 0.29) is 0 Å². The molecule has 0 aromatic rings. The van der Waals surface area contributed by atoms with Gasteiger partial charge in [-0.2, -0.15) is 5.26 Å². The van der Waals surface area contributed by atoms with Crippen molar-refractivity contribution in [3.05, 3.63) is 24.3 Å². The first kappa shape index (κ1) is 24.2. The summed E-state index contributed by atoms with van der Waals surface area (Å²) < 4.78 is 0. The number of unbranched alkanes of at least 4 members (excludes halogenated alkanes) is 4. The lowest BCUT2D eigenvalue weighted by Crippen LogP contribution is -2.18. The maximum atomic E-state index is 8.47. The van der Waals surface area contributed by atoms with Crippen LogP contribution in [0.15, 0.2) is 24.3 Å². The molecule has 0 aromatic heterocycles. The van der Waals surface area contributed by atoms with Gasteiger partial charge in [-0.15, -0.1) is 0 Å². The van der Waals surface area contributed by atoms with Crippen LogP contribution in [0.5, 0.6) is 0 Å². The maximum absolute atomic E-state index is 8.47. The summed E-state index contributed by atoms with van der Waals surface area (Å²) in [7, 11) is 0. The Balaban J connectivity index is 1.47. The third kappa shape index (κ3) is 11.1. The van der Waals surface area contributed by atoms with Gasteiger partial charge in [-0.25, -0.2) is 0 Å². The molecule has 2 rings (SSSR count). The first-order valence-electron chi connectivity index (χ1n) is 13.0. The molecule has 1 heteroatoms. The lowest BCUT2D eigenvalue weighted by atomic mass is 9.74. The summed E-state index contributed by atoms with van der Waals surface area (Å²) in [6.07, 6.45) is 33.9. The number of hydrogen-bond acceptors (Lipinski definition) is 1. The maximum Gasteiger partial charge on any atom is 0.0912 e. The van der Waals surface area contributed by atoms with Crippen LogP contribution in [-0.4, -0.2) is 0 Å². The summed E-state index contributed by atoms with van der Waals surface area (Å²) in [5.74, 6) is 4.09. The standard InChI is InChI=1S/C28H47N/c1-2-3-4-6-9-12-25-14-18-27(19-15-25)22-23-28-20-16-26(17-21-28)13-10-7-5-8-11-24-29/h5,7-8,11,25-28H,2-4,6,9-10,12-23H2,1H3/t25-,26?,27-,28?. The Morgan fingerprint density at radius 1 is 0.655 bits per heavy atom. The smallest absolute Gasteiger partial charge is 0.0912 e. The van der Waals surface area contributed by atoms with Crippen molar-refractivity contribution in [1.29, 1.82) is 5.26 Å². The van der Waals surface area contributed by atoms with Crippen molar-refractivity contribution in [3.63, 3.8) is 0 Å². The predicted molar refractivity (Wildman–Crippen MR) is 127 cm³/mol. The third-order valence-electron chi connectivity index (χ3n) is 7.79. The van der Waals surface area contributed by atoms with Crippen molar-refractivity contribution in [2.45, 2.75) is 122 Å². The number of nitrogens with zero attached hydrogens (tertiary/aromatic N) is 1. The summed E-state index contributed by atoms with van der Waals surface area (Å²) in [6, 6.07) is 2.03. The fourth-order valence-corrected chi connectivity index (χ4v) is 5.73. The fourth-order valence-electron chi connectivity index (χ4n) is 5.73. The first-order chi connectivity index (χ1) is 14.3. The Morgan fingerprint density at radius 2 is 1.17 bits per heavy atom. The quantitative estimate of drug-likeness (QED) is 0.173. The minimum atomic E-state index is 0.948. The average molecular weight is 398 g/mol. The van der Waals surface area contributed by atoms with Crippen molar-refractivity contribution < 1.29 is 0 Å². The van der Waals surface area contributed by atoms with Gasteiger partial charge in [-0.3, -0.25) is 0 Å². The van der Waals surface area contributed by atoms with Gasteiger partial charge in [0.15, 0.2) is 0 Å². The van der Waals surface area contributed by atoms with Gasteiger partial charge in [0.05, 0.1) is 6.07 Å². The zero-order valence-corrected chi connectivity index (χ0v) is 19.3. The molecule has 0 atom stereocenters. The molecule has 0 aliphatic heterocycles. The second kappa shape index (κ2) is 15.8. The molecule has 0 saturated heterocycles. The Morgan fingerprint density at radius 3 is 1.72 bits per heavy atom. The molecular weight excluding hydrogens is 350 g/mol. The molecule has 0 aromatic carbocycles. The summed E-state index contributed by atoms with van der Waals surface area (Å²) in [5.41, 5.74) is 0. The molecule has 0 amide bonds. The Kier molecular flexibility index (Phi) is 13.2. The third-order valence-corrected chi connectivity index (χ3v) is 7.79. The Labute approximate surface area is 182 Å². The van der Waals surface area contributed by atoms with Gasteiger partial charge in [0.2, 0.25) is 0 Å². The Bertz CT molecular complexity index is 481. The molecule has 1 nitrogen and oxygen atoms in total. The van der Waals surface area contributed by atoms with Gasteiger partial charge >= 0.3 is 0 Å². The highest BCUT2D eigenvalue weighted by Crippen LogP contribution is 2.38. The monoisotopic (exact) mass is 397 g/mol. The molecule has 2 saturated carbocycles. The van der Waals surface area contributed by atoms with E-state index in [0.717, 1.165) is 23.7 Å². The molecule has 0 radical (unpaired) electrons. The van der Waals surface area contributed by atoms with E-state index in [4.69, 9.17) is 5.26 Å². The van der Waals surface area contributed by atoms with Crippen molar-refractivity contribution in [2.24, 2.45) is 23.7 Å². The first-order valence-corrected chi connectivity index (χ1v) is 13.0. The topological polar surface area (TPSA) is 23.8 Å². The largest absolute Gasteiger partial charge is 0.193 e. The summed E-state index contributed by atoms with van der Waals surface area (Å²) >= 11 is 0. The van der Waals surface area contributed by atoms with Crippen molar-refractivity contribution in [3.8, 4) is 6.07 Å². The molecule has 2 fully saturated rings. The lowest BCUT2D eigenvalue weighted by molar-refractivity contribution is 0.208. The van der Waals surface area contributed by atoms with E-state index in [1.54, 1.807) is 6.08 Å². The van der Waals surface area contributed by atoms with Crippen LogP contribution in [0, 0.1) is 35.0 Å². The zero-order valence-electron chi connectivity index (χ0n) is 19.3. The van der Waals surface area contributed by atoms with Crippen LogP contribution in [0.1, 0.15) is 122 Å². The molecule has 2 aliphatic carbocycles. The van der Waals surface area contributed by atoms with Gasteiger partial charge in [0.25, 0.3) is 0 Å². The Hall–Kier alpha value is -1.03. The predicted octanol–water partition coefficient (Wildman–Crippen LogP) is 9.16. The molecular formula is C28H47N. The highest BCUT2D eigenvalue weighted by Gasteiger charge is 2.24. The summed E-state index contributed by atoms with van der Waals surface area (Å²) in [6.45, 7) is 2.31. The number of rotatable bonds is 13. The number of hydrogen-bond donors (Lipinski definition) is 0. The number of allylic oxidation sites excluding steroid dienone is 4. The van der Waals surface area contributed by atoms with E-state index in [9.17, 15) is 0 Å². The minimum Gasteiger partial charge on any atom is -0.193 e. The van der Waals surface area contributed by atoms with E-state index in [1.165, 1.54) is 116 Å². The second-order valence-electron chi connectivity index (χ2n) is 10.0. The summed E-state index contributed by atoms with van der Waals surface area (Å²) in [4.78, 5) is 0. The fraction of sp³-hybridized carbons (Fsp3) is 0.821. The summed E-state index contributed by atoms with van der Waals surface area (Å²) in [5, 5.41) is 8.47. The van der Waals surface area contributed by atoms with Crippen molar-refractivity contribution >= 4 is 0 Å². The molecule has 164 valence electrons. The van der Waals surface area contributed by atoms with Gasteiger partial charge in [-0.05, 0) is 36.5 Å². The van der Waals surface area contributed by atoms with Crippen LogP contribution in [0.25, 0.3) is 0 Å². The van der Waals surface area contributed by atoms with E-state index >= 15 is 0 Å². The average Bonchev–Trinajstić information content (AvgIpc) is 2.76.